The Bertz CT molecular complexity index is 109. The Morgan fingerprint density at radius 2 is 2.00 bits per heavy atom. The van der Waals surface area contributed by atoms with Crippen molar-refractivity contribution in [3.8, 4) is 0 Å². The van der Waals surface area contributed by atoms with Crippen LogP contribution in [0.4, 0.5) is 0 Å². The second kappa shape index (κ2) is 8.48. The monoisotopic (exact) mass is 200 g/mol. The molecule has 0 bridgehead atoms. The van der Waals surface area contributed by atoms with E-state index in [0.717, 1.165) is 0 Å². The van der Waals surface area contributed by atoms with Gasteiger partial charge in [-0.15, -0.1) is 0 Å². The quantitative estimate of drug-likeness (QED) is 0.265. The maximum Gasteiger partial charge on any atom is 0.155 e. The van der Waals surface area contributed by atoms with Crippen LogP contribution in [-0.4, -0.2) is 40.3 Å². The number of rotatable bonds is 7. The van der Waals surface area contributed by atoms with Gasteiger partial charge in [0.25, 0.3) is 0 Å². The summed E-state index contributed by atoms with van der Waals surface area (Å²) >= 11 is 2.14. The third kappa shape index (κ3) is 10.4. The summed E-state index contributed by atoms with van der Waals surface area (Å²) in [6.07, 6.45) is 0. The Labute approximate surface area is 74.0 Å². The lowest BCUT2D eigenvalue weighted by Crippen LogP contribution is -2.08. The molecule has 11 heavy (non-hydrogen) atoms. The van der Waals surface area contributed by atoms with Crippen molar-refractivity contribution in [1.29, 1.82) is 0 Å². The van der Waals surface area contributed by atoms with E-state index in [-0.39, 0.29) is 19.2 Å². The number of thiol groups is 1. The molecular formula is C5H12O4S2. The van der Waals surface area contributed by atoms with Crippen molar-refractivity contribution >= 4 is 23.7 Å². The predicted molar refractivity (Wildman–Crippen MR) is 46.3 cm³/mol. The van der Waals surface area contributed by atoms with Crippen molar-refractivity contribution < 1.29 is 18.2 Å². The SMILES string of the molecule is O=S(O)CCOCOCCS. The van der Waals surface area contributed by atoms with Gasteiger partial charge in [0.05, 0.1) is 19.0 Å². The summed E-state index contributed by atoms with van der Waals surface area (Å²) in [7, 11) is 0. The molecule has 1 atom stereocenters. The Hall–Kier alpha value is 0.380. The molecule has 1 N–H and O–H groups in total. The lowest BCUT2D eigenvalue weighted by atomic mass is 10.8. The summed E-state index contributed by atoms with van der Waals surface area (Å²) in [6, 6.07) is 0. The van der Waals surface area contributed by atoms with Gasteiger partial charge in [0.1, 0.15) is 6.79 Å². The van der Waals surface area contributed by atoms with Gasteiger partial charge in [0.15, 0.2) is 11.1 Å². The molecular weight excluding hydrogens is 188 g/mol. The summed E-state index contributed by atoms with van der Waals surface area (Å²) in [4.78, 5) is 0. The highest BCUT2D eigenvalue weighted by Crippen LogP contribution is 1.82. The average Bonchev–Trinajstić information content (AvgIpc) is 1.96. The fourth-order valence-electron chi connectivity index (χ4n) is 0.372. The lowest BCUT2D eigenvalue weighted by molar-refractivity contribution is -0.0428. The number of hydrogen-bond acceptors (Lipinski definition) is 4. The van der Waals surface area contributed by atoms with E-state index in [1.165, 1.54) is 0 Å². The van der Waals surface area contributed by atoms with Crippen LogP contribution in [-0.2, 0) is 20.6 Å². The lowest BCUT2D eigenvalue weighted by Gasteiger charge is -2.01. The molecule has 0 aromatic heterocycles. The first-order chi connectivity index (χ1) is 5.27. The first kappa shape index (κ1) is 11.4. The molecule has 0 aromatic rings. The summed E-state index contributed by atoms with van der Waals surface area (Å²) in [5.74, 6) is 0.777. The van der Waals surface area contributed by atoms with E-state index in [4.69, 9.17) is 14.0 Å². The summed E-state index contributed by atoms with van der Waals surface area (Å²) in [5, 5.41) is 0. The fourth-order valence-corrected chi connectivity index (χ4v) is 0.761. The molecule has 0 radical (unpaired) electrons. The van der Waals surface area contributed by atoms with Crippen LogP contribution in [0.15, 0.2) is 0 Å². The summed E-state index contributed by atoms with van der Waals surface area (Å²) < 4.78 is 28.1. The molecule has 0 amide bonds. The van der Waals surface area contributed by atoms with Gasteiger partial charge in [-0.1, -0.05) is 0 Å². The predicted octanol–water partition coefficient (Wildman–Crippen LogP) is 0.129. The molecule has 0 aliphatic carbocycles. The molecule has 0 aromatic carbocycles. The van der Waals surface area contributed by atoms with Crippen molar-refractivity contribution in [3.05, 3.63) is 0 Å². The average molecular weight is 200 g/mol. The highest BCUT2D eigenvalue weighted by atomic mass is 32.2. The highest BCUT2D eigenvalue weighted by Gasteiger charge is 1.92. The van der Waals surface area contributed by atoms with Crippen LogP contribution < -0.4 is 0 Å². The molecule has 0 saturated carbocycles. The highest BCUT2D eigenvalue weighted by molar-refractivity contribution is 7.80. The van der Waals surface area contributed by atoms with Crippen LogP contribution in [0.3, 0.4) is 0 Å². The molecule has 0 aliphatic heterocycles. The van der Waals surface area contributed by atoms with E-state index in [1.807, 2.05) is 0 Å². The van der Waals surface area contributed by atoms with Crippen LogP contribution in [0.2, 0.25) is 0 Å². The minimum absolute atomic E-state index is 0.129. The third-order valence-electron chi connectivity index (χ3n) is 0.805. The topological polar surface area (TPSA) is 55.8 Å². The molecule has 6 heteroatoms. The molecule has 0 heterocycles. The van der Waals surface area contributed by atoms with E-state index in [0.29, 0.717) is 12.4 Å². The molecule has 0 spiro atoms. The zero-order valence-corrected chi connectivity index (χ0v) is 7.77. The largest absolute Gasteiger partial charge is 0.355 e. The summed E-state index contributed by atoms with van der Waals surface area (Å²) in [6.45, 7) is 0.943. The Kier molecular flexibility index (Phi) is 8.77. The maximum absolute atomic E-state index is 10.1. The number of hydrogen-bond donors (Lipinski definition) is 2. The van der Waals surface area contributed by atoms with Gasteiger partial charge in [-0.3, -0.25) is 0 Å². The van der Waals surface area contributed by atoms with Crippen LogP contribution in [0.5, 0.6) is 0 Å². The van der Waals surface area contributed by atoms with Gasteiger partial charge in [-0.05, 0) is 0 Å². The molecule has 68 valence electrons. The minimum atomic E-state index is -1.77. The van der Waals surface area contributed by atoms with Crippen LogP contribution >= 0.6 is 12.6 Å². The standard InChI is InChI=1S/C5H12O4S2/c6-11(7)4-2-9-5-8-1-3-10/h10H,1-5H2,(H,6,7). The van der Waals surface area contributed by atoms with Crippen molar-refractivity contribution in [2.24, 2.45) is 0 Å². The molecule has 0 fully saturated rings. The maximum atomic E-state index is 10.1. The van der Waals surface area contributed by atoms with Gasteiger partial charge in [0.2, 0.25) is 0 Å². The van der Waals surface area contributed by atoms with Gasteiger partial charge in [-0.25, -0.2) is 4.21 Å². The first-order valence-corrected chi connectivity index (χ1v) is 5.02. The van der Waals surface area contributed by atoms with Crippen molar-refractivity contribution in [2.75, 3.05) is 31.5 Å². The zero-order valence-electron chi connectivity index (χ0n) is 6.06. The third-order valence-corrected chi connectivity index (χ3v) is 1.50. The van der Waals surface area contributed by atoms with E-state index >= 15 is 0 Å². The fraction of sp³-hybridized carbons (Fsp3) is 1.00. The van der Waals surface area contributed by atoms with Crippen LogP contribution in [0, 0.1) is 0 Å². The Morgan fingerprint density at radius 1 is 1.36 bits per heavy atom. The second-order valence-electron chi connectivity index (χ2n) is 1.68. The molecule has 0 saturated heterocycles. The van der Waals surface area contributed by atoms with Crippen molar-refractivity contribution in [3.63, 3.8) is 0 Å². The van der Waals surface area contributed by atoms with Crippen molar-refractivity contribution in [2.45, 2.75) is 0 Å². The van der Waals surface area contributed by atoms with E-state index in [2.05, 4.69) is 12.6 Å². The molecule has 0 aliphatic rings. The van der Waals surface area contributed by atoms with Crippen LogP contribution in [0.25, 0.3) is 0 Å². The number of ether oxygens (including phenoxy) is 2. The molecule has 4 nitrogen and oxygen atoms in total. The van der Waals surface area contributed by atoms with Gasteiger partial charge >= 0.3 is 0 Å². The van der Waals surface area contributed by atoms with Gasteiger partial charge in [0, 0.05) is 5.75 Å². The Morgan fingerprint density at radius 3 is 2.55 bits per heavy atom. The summed E-state index contributed by atoms with van der Waals surface area (Å²) in [5.41, 5.74) is 0. The Balaban J connectivity index is 2.85. The van der Waals surface area contributed by atoms with Crippen molar-refractivity contribution in [1.82, 2.24) is 0 Å². The smallest absolute Gasteiger partial charge is 0.155 e. The first-order valence-electron chi connectivity index (χ1n) is 3.11. The molecule has 0 rings (SSSR count). The van der Waals surface area contributed by atoms with E-state index in [9.17, 15) is 4.21 Å². The van der Waals surface area contributed by atoms with Gasteiger partial charge < -0.3 is 14.0 Å². The van der Waals surface area contributed by atoms with E-state index < -0.39 is 11.1 Å². The molecule has 1 unspecified atom stereocenters. The minimum Gasteiger partial charge on any atom is -0.355 e. The van der Waals surface area contributed by atoms with Crippen LogP contribution in [0.1, 0.15) is 0 Å². The van der Waals surface area contributed by atoms with Gasteiger partial charge in [-0.2, -0.15) is 12.6 Å². The van der Waals surface area contributed by atoms with E-state index in [1.54, 1.807) is 0 Å². The zero-order chi connectivity index (χ0) is 8.53. The normalized spacial score (nSPS) is 13.3. The second-order valence-corrected chi connectivity index (χ2v) is 3.18.